The maximum absolute atomic E-state index is 11.8. The summed E-state index contributed by atoms with van der Waals surface area (Å²) in [7, 11) is 1.45. The molecule has 0 amide bonds. The number of hydrogen-bond donors (Lipinski definition) is 0. The molecule has 1 saturated heterocycles. The Morgan fingerprint density at radius 3 is 3.00 bits per heavy atom. The smallest absolute Gasteiger partial charge is 0.323 e. The van der Waals surface area contributed by atoms with E-state index in [4.69, 9.17) is 4.74 Å². The second-order valence-corrected chi connectivity index (χ2v) is 6.02. The Morgan fingerprint density at radius 2 is 2.24 bits per heavy atom. The summed E-state index contributed by atoms with van der Waals surface area (Å²) in [5.74, 6) is -0.133. The average molecular weight is 302 g/mol. The van der Waals surface area contributed by atoms with Crippen LogP contribution in [0, 0.1) is 0 Å². The van der Waals surface area contributed by atoms with Crippen LogP contribution >= 0.6 is 11.3 Å². The van der Waals surface area contributed by atoms with Crippen molar-refractivity contribution in [3.8, 4) is 10.6 Å². The van der Waals surface area contributed by atoms with Crippen molar-refractivity contribution >= 4 is 17.3 Å². The van der Waals surface area contributed by atoms with Gasteiger partial charge in [0.1, 0.15) is 11.0 Å². The van der Waals surface area contributed by atoms with E-state index in [1.54, 1.807) is 11.3 Å². The van der Waals surface area contributed by atoms with Crippen LogP contribution in [-0.4, -0.2) is 35.5 Å². The maximum Gasteiger partial charge on any atom is 0.323 e. The lowest BCUT2D eigenvalue weighted by Gasteiger charge is -2.21. The van der Waals surface area contributed by atoms with Crippen molar-refractivity contribution in [2.75, 3.05) is 13.7 Å². The minimum absolute atomic E-state index is 0.114. The molecule has 1 atom stereocenters. The van der Waals surface area contributed by atoms with E-state index in [0.717, 1.165) is 35.7 Å². The number of carbonyl (C=O) groups is 1. The number of esters is 1. The lowest BCUT2D eigenvalue weighted by molar-refractivity contribution is -0.146. The zero-order valence-electron chi connectivity index (χ0n) is 12.0. The van der Waals surface area contributed by atoms with Gasteiger partial charge in [-0.3, -0.25) is 9.69 Å². The minimum atomic E-state index is -0.133. The van der Waals surface area contributed by atoms with Crippen molar-refractivity contribution in [3.63, 3.8) is 0 Å². The number of aromatic nitrogens is 1. The van der Waals surface area contributed by atoms with Gasteiger partial charge in [-0.15, -0.1) is 11.3 Å². The first kappa shape index (κ1) is 14.2. The number of benzene rings is 1. The van der Waals surface area contributed by atoms with Crippen molar-refractivity contribution in [1.82, 2.24) is 9.88 Å². The number of thiazole rings is 1. The fraction of sp³-hybridized carbons (Fsp3) is 0.375. The topological polar surface area (TPSA) is 42.4 Å². The van der Waals surface area contributed by atoms with Crippen LogP contribution in [0.5, 0.6) is 0 Å². The van der Waals surface area contributed by atoms with Crippen molar-refractivity contribution in [3.05, 3.63) is 41.4 Å². The molecular weight excluding hydrogens is 284 g/mol. The van der Waals surface area contributed by atoms with Gasteiger partial charge in [-0.25, -0.2) is 4.98 Å². The molecular formula is C16H18N2O2S. The molecule has 1 aliphatic rings. The zero-order valence-corrected chi connectivity index (χ0v) is 12.8. The highest BCUT2D eigenvalue weighted by molar-refractivity contribution is 7.13. The summed E-state index contributed by atoms with van der Waals surface area (Å²) >= 11 is 1.65. The van der Waals surface area contributed by atoms with Crippen LogP contribution in [-0.2, 0) is 16.1 Å². The van der Waals surface area contributed by atoms with E-state index < -0.39 is 0 Å². The highest BCUT2D eigenvalue weighted by atomic mass is 32.1. The third kappa shape index (κ3) is 3.14. The van der Waals surface area contributed by atoms with E-state index in [2.05, 4.69) is 27.4 Å². The predicted molar refractivity (Wildman–Crippen MR) is 83.0 cm³/mol. The van der Waals surface area contributed by atoms with E-state index in [1.165, 1.54) is 7.11 Å². The normalized spacial score (nSPS) is 18.8. The van der Waals surface area contributed by atoms with Crippen LogP contribution in [0.2, 0.25) is 0 Å². The second kappa shape index (κ2) is 6.37. The molecule has 0 bridgehead atoms. The first-order valence-corrected chi connectivity index (χ1v) is 7.97. The number of likely N-dealkylation sites (tertiary alicyclic amines) is 1. The second-order valence-electron chi connectivity index (χ2n) is 5.16. The van der Waals surface area contributed by atoms with Gasteiger partial charge in [0.05, 0.1) is 12.8 Å². The van der Waals surface area contributed by atoms with Gasteiger partial charge in [0.25, 0.3) is 0 Å². The Bertz CT molecular complexity index is 612. The lowest BCUT2D eigenvalue weighted by atomic mass is 10.2. The van der Waals surface area contributed by atoms with E-state index in [1.807, 2.05) is 18.2 Å². The molecule has 1 aliphatic heterocycles. The number of nitrogens with zero attached hydrogens (tertiary/aromatic N) is 2. The Kier molecular flexibility index (Phi) is 4.31. The molecule has 0 radical (unpaired) electrons. The first-order valence-electron chi connectivity index (χ1n) is 7.09. The van der Waals surface area contributed by atoms with Gasteiger partial charge in [0, 0.05) is 17.5 Å². The third-order valence-corrected chi connectivity index (χ3v) is 4.71. The van der Waals surface area contributed by atoms with Crippen molar-refractivity contribution in [2.45, 2.75) is 25.4 Å². The number of hydrogen-bond acceptors (Lipinski definition) is 5. The van der Waals surface area contributed by atoms with E-state index in [0.29, 0.717) is 6.54 Å². The maximum atomic E-state index is 11.8. The molecule has 110 valence electrons. The monoisotopic (exact) mass is 302 g/mol. The summed E-state index contributed by atoms with van der Waals surface area (Å²) in [6, 6.07) is 10.1. The molecule has 1 fully saturated rings. The lowest BCUT2D eigenvalue weighted by Crippen LogP contribution is -2.36. The van der Waals surface area contributed by atoms with Gasteiger partial charge < -0.3 is 4.74 Å². The van der Waals surface area contributed by atoms with Crippen LogP contribution in [0.3, 0.4) is 0 Å². The van der Waals surface area contributed by atoms with Gasteiger partial charge >= 0.3 is 5.97 Å². The van der Waals surface area contributed by atoms with Gasteiger partial charge in [-0.2, -0.15) is 0 Å². The molecule has 2 heterocycles. The first-order chi connectivity index (χ1) is 10.3. The molecule has 1 unspecified atom stereocenters. The Morgan fingerprint density at radius 1 is 1.43 bits per heavy atom. The molecule has 4 nitrogen and oxygen atoms in total. The Balaban J connectivity index is 1.71. The van der Waals surface area contributed by atoms with Crippen LogP contribution in [0.1, 0.15) is 18.5 Å². The van der Waals surface area contributed by atoms with Gasteiger partial charge in [0.15, 0.2) is 0 Å². The molecule has 0 spiro atoms. The van der Waals surface area contributed by atoms with E-state index in [9.17, 15) is 4.79 Å². The van der Waals surface area contributed by atoms with E-state index in [-0.39, 0.29) is 12.0 Å². The fourth-order valence-electron chi connectivity index (χ4n) is 2.72. The Hall–Kier alpha value is -1.72. The van der Waals surface area contributed by atoms with Crippen LogP contribution in [0.25, 0.3) is 10.6 Å². The highest BCUT2D eigenvalue weighted by Gasteiger charge is 2.31. The molecule has 0 N–H and O–H groups in total. The van der Waals surface area contributed by atoms with Crippen LogP contribution < -0.4 is 0 Å². The molecule has 3 rings (SSSR count). The molecule has 1 aromatic carbocycles. The number of carbonyl (C=O) groups excluding carboxylic acids is 1. The summed E-state index contributed by atoms with van der Waals surface area (Å²) in [6.45, 7) is 1.64. The van der Waals surface area contributed by atoms with Crippen LogP contribution in [0.4, 0.5) is 0 Å². The summed E-state index contributed by atoms with van der Waals surface area (Å²) < 4.78 is 4.88. The number of rotatable bonds is 4. The SMILES string of the molecule is COC(=O)C1CCCN1Cc1csc(-c2ccccc2)n1. The Labute approximate surface area is 128 Å². The van der Waals surface area contributed by atoms with Crippen LogP contribution in [0.15, 0.2) is 35.7 Å². The third-order valence-electron chi connectivity index (χ3n) is 3.77. The van der Waals surface area contributed by atoms with Gasteiger partial charge in [0.2, 0.25) is 0 Å². The standard InChI is InChI=1S/C16H18N2O2S/c1-20-16(19)14-8-5-9-18(14)10-13-11-21-15(17-13)12-6-3-2-4-7-12/h2-4,6-7,11,14H,5,8-10H2,1H3. The zero-order chi connectivity index (χ0) is 14.7. The minimum Gasteiger partial charge on any atom is -0.468 e. The van der Waals surface area contributed by atoms with Crippen molar-refractivity contribution < 1.29 is 9.53 Å². The summed E-state index contributed by atoms with van der Waals surface area (Å²) in [6.07, 6.45) is 1.91. The number of ether oxygens (including phenoxy) is 1. The van der Waals surface area contributed by atoms with E-state index >= 15 is 0 Å². The molecule has 2 aromatic rings. The highest BCUT2D eigenvalue weighted by Crippen LogP contribution is 2.26. The molecule has 21 heavy (non-hydrogen) atoms. The number of methoxy groups -OCH3 is 1. The van der Waals surface area contributed by atoms with Gasteiger partial charge in [-0.05, 0) is 19.4 Å². The summed E-state index contributed by atoms with van der Waals surface area (Å²) in [5.41, 5.74) is 2.16. The quantitative estimate of drug-likeness (QED) is 0.814. The summed E-state index contributed by atoms with van der Waals surface area (Å²) in [4.78, 5) is 18.6. The van der Waals surface area contributed by atoms with Crippen molar-refractivity contribution in [2.24, 2.45) is 0 Å². The fourth-order valence-corrected chi connectivity index (χ4v) is 3.54. The van der Waals surface area contributed by atoms with Crippen molar-refractivity contribution in [1.29, 1.82) is 0 Å². The average Bonchev–Trinajstić information content (AvgIpc) is 3.17. The molecule has 0 saturated carbocycles. The molecule has 1 aromatic heterocycles. The van der Waals surface area contributed by atoms with Gasteiger partial charge in [-0.1, -0.05) is 30.3 Å². The predicted octanol–water partition coefficient (Wildman–Crippen LogP) is 2.95. The summed E-state index contributed by atoms with van der Waals surface area (Å²) in [5, 5.41) is 3.11. The largest absolute Gasteiger partial charge is 0.468 e. The molecule has 0 aliphatic carbocycles. The molecule has 5 heteroatoms.